The third-order valence-electron chi connectivity index (χ3n) is 3.07. The number of rotatable bonds is 5. The minimum absolute atomic E-state index is 0.514. The second kappa shape index (κ2) is 6.28. The number of aromatic nitrogens is 1. The summed E-state index contributed by atoms with van der Waals surface area (Å²) in [5.74, 6) is 0.550. The Morgan fingerprint density at radius 1 is 1.26 bits per heavy atom. The molecule has 2 rings (SSSR count). The molecule has 0 aliphatic carbocycles. The van der Waals surface area contributed by atoms with E-state index in [2.05, 4.69) is 43.1 Å². The van der Waals surface area contributed by atoms with E-state index in [4.69, 9.17) is 10.5 Å². The quantitative estimate of drug-likeness (QED) is 0.908. The molecule has 1 aromatic carbocycles. The van der Waals surface area contributed by atoms with Crippen LogP contribution in [0.4, 0.5) is 0 Å². The van der Waals surface area contributed by atoms with Gasteiger partial charge in [0.05, 0.1) is 12.3 Å². The van der Waals surface area contributed by atoms with Gasteiger partial charge in [0.15, 0.2) is 0 Å². The summed E-state index contributed by atoms with van der Waals surface area (Å²) in [7, 11) is 1.68. The van der Waals surface area contributed by atoms with Crippen molar-refractivity contribution in [2.24, 2.45) is 5.73 Å². The van der Waals surface area contributed by atoms with Crippen molar-refractivity contribution < 1.29 is 4.74 Å². The van der Waals surface area contributed by atoms with E-state index < -0.39 is 0 Å². The van der Waals surface area contributed by atoms with E-state index in [1.165, 1.54) is 5.56 Å². The van der Waals surface area contributed by atoms with Crippen molar-refractivity contribution in [1.29, 1.82) is 0 Å². The largest absolute Gasteiger partial charge is 0.378 e. The zero-order valence-electron chi connectivity index (χ0n) is 11.6. The van der Waals surface area contributed by atoms with E-state index in [1.54, 1.807) is 18.4 Å². The maximum atomic E-state index is 5.75. The number of hydrogen-bond acceptors (Lipinski definition) is 4. The van der Waals surface area contributed by atoms with Crippen molar-refractivity contribution >= 4 is 11.3 Å². The number of hydrogen-bond donors (Lipinski definition) is 1. The van der Waals surface area contributed by atoms with Crippen molar-refractivity contribution in [1.82, 2.24) is 4.98 Å². The fraction of sp³-hybridized carbons (Fsp3) is 0.400. The normalized spacial score (nSPS) is 11.2. The van der Waals surface area contributed by atoms with Gasteiger partial charge in [-0.2, -0.15) is 0 Å². The van der Waals surface area contributed by atoms with Gasteiger partial charge in [-0.05, 0) is 11.5 Å². The lowest BCUT2D eigenvalue weighted by Crippen LogP contribution is -1.99. The molecule has 0 fully saturated rings. The first-order valence-corrected chi connectivity index (χ1v) is 7.25. The Bertz CT molecular complexity index is 532. The summed E-state index contributed by atoms with van der Waals surface area (Å²) in [5.41, 5.74) is 9.20. The molecule has 2 N–H and O–H groups in total. The fourth-order valence-corrected chi connectivity index (χ4v) is 2.88. The number of benzene rings is 1. The molecular weight excluding hydrogens is 256 g/mol. The lowest BCUT2D eigenvalue weighted by Gasteiger charge is -2.05. The van der Waals surface area contributed by atoms with Gasteiger partial charge in [0, 0.05) is 24.1 Å². The Labute approximate surface area is 118 Å². The zero-order chi connectivity index (χ0) is 13.8. The van der Waals surface area contributed by atoms with E-state index in [1.807, 2.05) is 0 Å². The summed E-state index contributed by atoms with van der Waals surface area (Å²) in [6.45, 7) is 5.43. The van der Waals surface area contributed by atoms with Crippen LogP contribution in [0.15, 0.2) is 24.3 Å². The van der Waals surface area contributed by atoms with E-state index in [0.717, 1.165) is 21.1 Å². The Morgan fingerprint density at radius 3 is 2.47 bits per heavy atom. The van der Waals surface area contributed by atoms with Crippen LogP contribution in [0.3, 0.4) is 0 Å². The Balaban J connectivity index is 2.30. The van der Waals surface area contributed by atoms with Crippen LogP contribution >= 0.6 is 11.3 Å². The van der Waals surface area contributed by atoms with Crippen molar-refractivity contribution in [2.75, 3.05) is 7.11 Å². The topological polar surface area (TPSA) is 48.1 Å². The molecular formula is C15H20N2OS. The van der Waals surface area contributed by atoms with Crippen LogP contribution in [0.5, 0.6) is 0 Å². The van der Waals surface area contributed by atoms with Gasteiger partial charge < -0.3 is 10.5 Å². The van der Waals surface area contributed by atoms with Crippen LogP contribution in [-0.4, -0.2) is 12.1 Å². The number of ether oxygens (including phenoxy) is 1. The van der Waals surface area contributed by atoms with Crippen LogP contribution in [0.2, 0.25) is 0 Å². The first kappa shape index (κ1) is 14.2. The molecule has 0 atom stereocenters. The van der Waals surface area contributed by atoms with Gasteiger partial charge in [0.2, 0.25) is 0 Å². The minimum Gasteiger partial charge on any atom is -0.378 e. The van der Waals surface area contributed by atoms with Crippen molar-refractivity contribution in [3.05, 3.63) is 40.4 Å². The number of methoxy groups -OCH3 is 1. The van der Waals surface area contributed by atoms with Crippen LogP contribution in [-0.2, 0) is 17.9 Å². The lowest BCUT2D eigenvalue weighted by atomic mass is 10.0. The summed E-state index contributed by atoms with van der Waals surface area (Å²) in [4.78, 5) is 5.73. The number of thiazole rings is 1. The van der Waals surface area contributed by atoms with Crippen LogP contribution in [0.25, 0.3) is 10.6 Å². The van der Waals surface area contributed by atoms with E-state index in [0.29, 0.717) is 19.1 Å². The highest BCUT2D eigenvalue weighted by Crippen LogP contribution is 2.29. The molecule has 0 aliphatic rings. The lowest BCUT2D eigenvalue weighted by molar-refractivity contribution is 0.181. The molecule has 0 spiro atoms. The van der Waals surface area contributed by atoms with Crippen LogP contribution < -0.4 is 5.73 Å². The first-order valence-electron chi connectivity index (χ1n) is 6.43. The molecule has 0 saturated carbocycles. The third kappa shape index (κ3) is 3.21. The van der Waals surface area contributed by atoms with Gasteiger partial charge in [-0.3, -0.25) is 0 Å². The Morgan fingerprint density at radius 2 is 1.95 bits per heavy atom. The second-order valence-electron chi connectivity index (χ2n) is 4.80. The Kier molecular flexibility index (Phi) is 4.69. The number of nitrogens with two attached hydrogens (primary N) is 1. The average molecular weight is 276 g/mol. The van der Waals surface area contributed by atoms with Gasteiger partial charge in [0.1, 0.15) is 5.01 Å². The molecule has 19 heavy (non-hydrogen) atoms. The molecule has 1 heterocycles. The van der Waals surface area contributed by atoms with Gasteiger partial charge in [0.25, 0.3) is 0 Å². The molecule has 0 amide bonds. The summed E-state index contributed by atoms with van der Waals surface area (Å²) in [5, 5.41) is 1.02. The summed E-state index contributed by atoms with van der Waals surface area (Å²) in [6, 6.07) is 8.59. The SMILES string of the molecule is COCc1nc(-c2ccc(C(C)C)cc2)sc1CN. The summed E-state index contributed by atoms with van der Waals surface area (Å²) >= 11 is 1.65. The highest BCUT2D eigenvalue weighted by Gasteiger charge is 2.11. The molecule has 0 radical (unpaired) electrons. The maximum Gasteiger partial charge on any atom is 0.124 e. The molecule has 0 aliphatic heterocycles. The maximum absolute atomic E-state index is 5.75. The predicted molar refractivity (Wildman–Crippen MR) is 80.2 cm³/mol. The highest BCUT2D eigenvalue weighted by atomic mass is 32.1. The zero-order valence-corrected chi connectivity index (χ0v) is 12.5. The summed E-state index contributed by atoms with van der Waals surface area (Å²) in [6.07, 6.45) is 0. The standard InChI is InChI=1S/C15H20N2OS/c1-10(2)11-4-6-12(7-5-11)15-17-13(9-18-3)14(8-16)19-15/h4-7,10H,8-9,16H2,1-3H3. The Hall–Kier alpha value is -1.23. The fourth-order valence-electron chi connectivity index (χ4n) is 1.93. The monoisotopic (exact) mass is 276 g/mol. The molecule has 3 nitrogen and oxygen atoms in total. The molecule has 1 aromatic heterocycles. The van der Waals surface area contributed by atoms with E-state index >= 15 is 0 Å². The van der Waals surface area contributed by atoms with Gasteiger partial charge in [-0.15, -0.1) is 11.3 Å². The summed E-state index contributed by atoms with van der Waals surface area (Å²) < 4.78 is 5.16. The molecule has 0 bridgehead atoms. The highest BCUT2D eigenvalue weighted by molar-refractivity contribution is 7.15. The predicted octanol–water partition coefficient (Wildman–Crippen LogP) is 3.54. The van der Waals surface area contributed by atoms with E-state index in [-0.39, 0.29) is 0 Å². The van der Waals surface area contributed by atoms with Crippen molar-refractivity contribution in [3.8, 4) is 10.6 Å². The smallest absolute Gasteiger partial charge is 0.124 e. The van der Waals surface area contributed by atoms with E-state index in [9.17, 15) is 0 Å². The second-order valence-corrected chi connectivity index (χ2v) is 5.89. The van der Waals surface area contributed by atoms with Crippen LogP contribution in [0.1, 0.15) is 35.9 Å². The molecule has 0 saturated heterocycles. The number of nitrogens with zero attached hydrogens (tertiary/aromatic N) is 1. The van der Waals surface area contributed by atoms with Crippen molar-refractivity contribution in [2.45, 2.75) is 32.9 Å². The van der Waals surface area contributed by atoms with Gasteiger partial charge >= 0.3 is 0 Å². The minimum atomic E-state index is 0.514. The first-order chi connectivity index (χ1) is 9.15. The van der Waals surface area contributed by atoms with Gasteiger partial charge in [-0.1, -0.05) is 38.1 Å². The molecule has 4 heteroatoms. The average Bonchev–Trinajstić information content (AvgIpc) is 2.82. The molecule has 102 valence electrons. The molecule has 0 unspecified atom stereocenters. The molecule has 2 aromatic rings. The third-order valence-corrected chi connectivity index (χ3v) is 4.24. The van der Waals surface area contributed by atoms with Crippen LogP contribution in [0, 0.1) is 0 Å². The van der Waals surface area contributed by atoms with Gasteiger partial charge in [-0.25, -0.2) is 4.98 Å². The van der Waals surface area contributed by atoms with Crippen molar-refractivity contribution in [3.63, 3.8) is 0 Å².